The molecule has 2 fully saturated rings. The molecule has 8 nitrogen and oxygen atoms in total. The van der Waals surface area contributed by atoms with Gasteiger partial charge in [-0.3, -0.25) is 14.3 Å². The highest BCUT2D eigenvalue weighted by Gasteiger charge is 2.24. The first-order valence-electron chi connectivity index (χ1n) is 12.2. The second kappa shape index (κ2) is 9.84. The molecule has 9 heteroatoms. The Kier molecular flexibility index (Phi) is 6.65. The van der Waals surface area contributed by atoms with E-state index in [1.54, 1.807) is 12.1 Å². The van der Waals surface area contributed by atoms with Gasteiger partial charge in [0.2, 0.25) is 0 Å². The summed E-state index contributed by atoms with van der Waals surface area (Å²) < 4.78 is 2.13. The van der Waals surface area contributed by atoms with E-state index < -0.39 is 0 Å². The maximum Gasteiger partial charge on any atom is 0.270 e. The minimum Gasteiger partial charge on any atom is -0.393 e. The number of rotatable bonds is 5. The Morgan fingerprint density at radius 1 is 1.06 bits per heavy atom. The van der Waals surface area contributed by atoms with Crippen LogP contribution in [0.3, 0.4) is 0 Å². The number of hydrogen-bond donors (Lipinski definition) is 3. The van der Waals surface area contributed by atoms with Crippen molar-refractivity contribution in [3.63, 3.8) is 0 Å². The van der Waals surface area contributed by atoms with E-state index in [2.05, 4.69) is 20.3 Å². The first-order valence-corrected chi connectivity index (χ1v) is 13.0. The molecule has 3 heterocycles. The van der Waals surface area contributed by atoms with Gasteiger partial charge < -0.3 is 15.7 Å². The lowest BCUT2D eigenvalue weighted by Gasteiger charge is -2.26. The summed E-state index contributed by atoms with van der Waals surface area (Å²) >= 11 is 1.48. The standard InChI is InChI=1S/C25H31N5O3S/c1-15-20-13-22(34-25(20)30(29-15)18-5-3-2-4-6-18)24(33)28-17-9-12-21(26-14-17)23(32)27-16-7-10-19(31)11-8-16/h9,12-14,16,18-19,31H,2-8,10-11H2,1H3,(H,27,32)(H,28,33). The molecule has 180 valence electrons. The average Bonchev–Trinajstić information content (AvgIpc) is 3.42. The normalized spacial score (nSPS) is 21.5. The van der Waals surface area contributed by atoms with Crippen LogP contribution in [-0.4, -0.2) is 43.8 Å². The van der Waals surface area contributed by atoms with E-state index >= 15 is 0 Å². The van der Waals surface area contributed by atoms with Crippen LogP contribution >= 0.6 is 11.3 Å². The van der Waals surface area contributed by atoms with Gasteiger partial charge in [0.15, 0.2) is 0 Å². The average molecular weight is 482 g/mol. The molecule has 2 aliphatic rings. The van der Waals surface area contributed by atoms with Gasteiger partial charge in [0, 0.05) is 11.4 Å². The molecule has 2 aliphatic carbocycles. The summed E-state index contributed by atoms with van der Waals surface area (Å²) in [7, 11) is 0. The number of fused-ring (bicyclic) bond motifs is 1. The molecule has 0 unspecified atom stereocenters. The Balaban J connectivity index is 1.24. The highest BCUT2D eigenvalue weighted by Crippen LogP contribution is 2.35. The molecule has 34 heavy (non-hydrogen) atoms. The number of aromatic nitrogens is 3. The van der Waals surface area contributed by atoms with E-state index in [4.69, 9.17) is 5.10 Å². The maximum atomic E-state index is 12.9. The second-order valence-corrected chi connectivity index (χ2v) is 10.5. The zero-order valence-corrected chi connectivity index (χ0v) is 20.2. The van der Waals surface area contributed by atoms with Crippen molar-refractivity contribution in [3.8, 4) is 0 Å². The fourth-order valence-electron chi connectivity index (χ4n) is 5.03. The number of aryl methyl sites for hydroxylation is 1. The first kappa shape index (κ1) is 23.0. The van der Waals surface area contributed by atoms with E-state index in [9.17, 15) is 14.7 Å². The summed E-state index contributed by atoms with van der Waals surface area (Å²) in [6.45, 7) is 2.00. The van der Waals surface area contributed by atoms with Gasteiger partial charge in [0.1, 0.15) is 10.5 Å². The zero-order valence-electron chi connectivity index (χ0n) is 19.4. The molecule has 2 saturated carbocycles. The van der Waals surface area contributed by atoms with Crippen LogP contribution in [-0.2, 0) is 0 Å². The number of thiophene rings is 1. The number of nitrogens with zero attached hydrogens (tertiary/aromatic N) is 3. The molecule has 0 aromatic carbocycles. The van der Waals surface area contributed by atoms with Crippen LogP contribution < -0.4 is 10.6 Å². The molecular formula is C25H31N5O3S. The monoisotopic (exact) mass is 481 g/mol. The lowest BCUT2D eigenvalue weighted by molar-refractivity contribution is 0.0863. The van der Waals surface area contributed by atoms with Crippen LogP contribution in [0.15, 0.2) is 24.4 Å². The number of aliphatic hydroxyl groups excluding tert-OH is 1. The van der Waals surface area contributed by atoms with E-state index in [-0.39, 0.29) is 24.0 Å². The molecule has 0 aliphatic heterocycles. The molecule has 3 aromatic rings. The number of amides is 2. The van der Waals surface area contributed by atoms with Crippen molar-refractivity contribution >= 4 is 39.1 Å². The summed E-state index contributed by atoms with van der Waals surface area (Å²) in [5, 5.41) is 21.3. The van der Waals surface area contributed by atoms with Crippen molar-refractivity contribution in [2.45, 2.75) is 82.9 Å². The molecule has 0 bridgehead atoms. The van der Waals surface area contributed by atoms with Crippen molar-refractivity contribution < 1.29 is 14.7 Å². The lowest BCUT2D eigenvalue weighted by Crippen LogP contribution is -2.38. The summed E-state index contributed by atoms with van der Waals surface area (Å²) in [4.78, 5) is 31.4. The van der Waals surface area contributed by atoms with Crippen molar-refractivity contribution in [1.82, 2.24) is 20.1 Å². The van der Waals surface area contributed by atoms with Crippen LogP contribution in [0.2, 0.25) is 0 Å². The van der Waals surface area contributed by atoms with Gasteiger partial charge in [-0.2, -0.15) is 5.10 Å². The van der Waals surface area contributed by atoms with Gasteiger partial charge in [-0.25, -0.2) is 4.98 Å². The third kappa shape index (κ3) is 4.86. The fourth-order valence-corrected chi connectivity index (χ4v) is 6.16. The van der Waals surface area contributed by atoms with Gasteiger partial charge in [-0.15, -0.1) is 11.3 Å². The number of carbonyl (C=O) groups excluding carboxylic acids is 2. The van der Waals surface area contributed by atoms with Crippen LogP contribution in [0.4, 0.5) is 5.69 Å². The van der Waals surface area contributed by atoms with Crippen molar-refractivity contribution in [3.05, 3.63) is 40.7 Å². The van der Waals surface area contributed by atoms with E-state index in [0.29, 0.717) is 35.1 Å². The second-order valence-electron chi connectivity index (χ2n) is 9.52. The Bertz CT molecular complexity index is 1170. The highest BCUT2D eigenvalue weighted by atomic mass is 32.1. The van der Waals surface area contributed by atoms with E-state index in [1.807, 2.05) is 13.0 Å². The molecule has 0 saturated heterocycles. The highest BCUT2D eigenvalue weighted by molar-refractivity contribution is 7.20. The van der Waals surface area contributed by atoms with Crippen LogP contribution in [0, 0.1) is 6.92 Å². The molecular weight excluding hydrogens is 450 g/mol. The predicted octanol–water partition coefficient (Wildman–Crippen LogP) is 4.59. The Hall–Kier alpha value is -2.78. The zero-order chi connectivity index (χ0) is 23.7. The third-order valence-corrected chi connectivity index (χ3v) is 8.12. The number of nitrogens with one attached hydrogen (secondary N) is 2. The maximum absolute atomic E-state index is 12.9. The molecule has 0 atom stereocenters. The molecule has 3 aromatic heterocycles. The molecule has 2 amide bonds. The van der Waals surface area contributed by atoms with Gasteiger partial charge in [-0.1, -0.05) is 19.3 Å². The van der Waals surface area contributed by atoms with E-state index in [0.717, 1.165) is 41.6 Å². The number of pyridine rings is 1. The van der Waals surface area contributed by atoms with Crippen LogP contribution in [0.25, 0.3) is 10.2 Å². The van der Waals surface area contributed by atoms with Gasteiger partial charge in [0.25, 0.3) is 11.8 Å². The van der Waals surface area contributed by atoms with Gasteiger partial charge in [-0.05, 0) is 63.6 Å². The Labute approximate surface area is 202 Å². The number of anilines is 1. The van der Waals surface area contributed by atoms with Crippen LogP contribution in [0.5, 0.6) is 0 Å². The lowest BCUT2D eigenvalue weighted by atomic mass is 9.93. The minimum absolute atomic E-state index is 0.0676. The summed E-state index contributed by atoms with van der Waals surface area (Å²) in [5.41, 5.74) is 1.82. The van der Waals surface area contributed by atoms with Gasteiger partial charge >= 0.3 is 0 Å². The quantitative estimate of drug-likeness (QED) is 0.494. The van der Waals surface area contributed by atoms with E-state index in [1.165, 1.54) is 36.8 Å². The molecule has 0 spiro atoms. The number of hydrogen-bond acceptors (Lipinski definition) is 6. The third-order valence-electron chi connectivity index (χ3n) is 7.00. The Morgan fingerprint density at radius 2 is 1.82 bits per heavy atom. The largest absolute Gasteiger partial charge is 0.393 e. The fraction of sp³-hybridized carbons (Fsp3) is 0.520. The summed E-state index contributed by atoms with van der Waals surface area (Å²) in [6.07, 6.45) is 10.2. The van der Waals surface area contributed by atoms with Gasteiger partial charge in [0.05, 0.1) is 34.6 Å². The van der Waals surface area contributed by atoms with Crippen molar-refractivity contribution in [1.29, 1.82) is 0 Å². The predicted molar refractivity (Wildman–Crippen MR) is 132 cm³/mol. The van der Waals surface area contributed by atoms with Crippen molar-refractivity contribution in [2.75, 3.05) is 5.32 Å². The topological polar surface area (TPSA) is 109 Å². The minimum atomic E-state index is -0.259. The summed E-state index contributed by atoms with van der Waals surface area (Å²) in [5.74, 6) is -0.415. The first-order chi connectivity index (χ1) is 16.5. The molecule has 3 N–H and O–H groups in total. The number of aliphatic hydroxyl groups is 1. The number of carbonyl (C=O) groups is 2. The summed E-state index contributed by atoms with van der Waals surface area (Å²) in [6, 6.07) is 5.73. The van der Waals surface area contributed by atoms with Crippen LogP contribution in [0.1, 0.15) is 89.7 Å². The molecule has 0 radical (unpaired) electrons. The Morgan fingerprint density at radius 3 is 2.53 bits per heavy atom. The smallest absolute Gasteiger partial charge is 0.270 e. The SMILES string of the molecule is Cc1nn(C2CCCCC2)c2sc(C(=O)Nc3ccc(C(=O)NC4CCC(O)CC4)nc3)cc12. The van der Waals surface area contributed by atoms with Crippen molar-refractivity contribution in [2.24, 2.45) is 0 Å². The molecule has 5 rings (SSSR count).